The highest BCUT2D eigenvalue weighted by molar-refractivity contribution is 5.57. The van der Waals surface area contributed by atoms with Crippen LogP contribution in [0.4, 0.5) is 10.1 Å². The SMILES string of the molecule is CCCNC(C)c1c(F)cccc1N1CC(C)CC1C. The summed E-state index contributed by atoms with van der Waals surface area (Å²) < 4.78 is 14.3. The van der Waals surface area contributed by atoms with Crippen LogP contribution in [0.25, 0.3) is 0 Å². The Hall–Kier alpha value is -1.09. The molecular weight excluding hydrogens is 251 g/mol. The van der Waals surface area contributed by atoms with Crippen molar-refractivity contribution in [2.75, 3.05) is 18.0 Å². The Morgan fingerprint density at radius 3 is 2.75 bits per heavy atom. The largest absolute Gasteiger partial charge is 0.368 e. The fraction of sp³-hybridized carbons (Fsp3) is 0.647. The molecule has 0 bridgehead atoms. The molecule has 0 radical (unpaired) electrons. The van der Waals surface area contributed by atoms with E-state index in [0.29, 0.717) is 12.0 Å². The highest BCUT2D eigenvalue weighted by Gasteiger charge is 2.29. The van der Waals surface area contributed by atoms with E-state index in [1.165, 1.54) is 6.42 Å². The Kier molecular flexibility index (Phi) is 5.03. The topological polar surface area (TPSA) is 15.3 Å². The van der Waals surface area contributed by atoms with Crippen LogP contribution in [0.15, 0.2) is 18.2 Å². The summed E-state index contributed by atoms with van der Waals surface area (Å²) in [5.41, 5.74) is 1.89. The van der Waals surface area contributed by atoms with Gasteiger partial charge in [0.1, 0.15) is 5.82 Å². The summed E-state index contributed by atoms with van der Waals surface area (Å²) in [5, 5.41) is 3.41. The molecule has 2 rings (SSSR count). The normalized spacial score (nSPS) is 24.1. The van der Waals surface area contributed by atoms with Gasteiger partial charge in [0, 0.05) is 29.9 Å². The molecule has 0 amide bonds. The van der Waals surface area contributed by atoms with Crippen molar-refractivity contribution in [2.24, 2.45) is 5.92 Å². The molecule has 3 atom stereocenters. The van der Waals surface area contributed by atoms with Crippen molar-refractivity contribution in [3.63, 3.8) is 0 Å². The minimum Gasteiger partial charge on any atom is -0.368 e. The molecule has 0 aliphatic carbocycles. The summed E-state index contributed by atoms with van der Waals surface area (Å²) >= 11 is 0. The number of anilines is 1. The maximum Gasteiger partial charge on any atom is 0.130 e. The molecular formula is C17H27FN2. The Bertz CT molecular complexity index is 447. The van der Waals surface area contributed by atoms with Gasteiger partial charge in [-0.15, -0.1) is 0 Å². The van der Waals surface area contributed by atoms with E-state index >= 15 is 0 Å². The van der Waals surface area contributed by atoms with Gasteiger partial charge in [-0.2, -0.15) is 0 Å². The van der Waals surface area contributed by atoms with Gasteiger partial charge in [-0.25, -0.2) is 4.39 Å². The van der Waals surface area contributed by atoms with Gasteiger partial charge in [-0.1, -0.05) is 19.9 Å². The molecule has 1 heterocycles. The number of hydrogen-bond donors (Lipinski definition) is 1. The molecule has 1 aliphatic rings. The predicted octanol–water partition coefficient (Wildman–Crippen LogP) is 4.12. The zero-order valence-electron chi connectivity index (χ0n) is 13.1. The molecule has 1 aromatic carbocycles. The third kappa shape index (κ3) is 3.14. The molecule has 112 valence electrons. The van der Waals surface area contributed by atoms with E-state index in [-0.39, 0.29) is 11.9 Å². The first-order valence-corrected chi connectivity index (χ1v) is 7.83. The van der Waals surface area contributed by atoms with Crippen molar-refractivity contribution in [3.05, 3.63) is 29.6 Å². The third-order valence-electron chi connectivity index (χ3n) is 4.26. The first kappa shape index (κ1) is 15.3. The summed E-state index contributed by atoms with van der Waals surface area (Å²) in [6.07, 6.45) is 2.25. The first-order valence-electron chi connectivity index (χ1n) is 7.83. The van der Waals surface area contributed by atoms with Gasteiger partial charge < -0.3 is 10.2 Å². The van der Waals surface area contributed by atoms with Gasteiger partial charge in [0.25, 0.3) is 0 Å². The molecule has 1 N–H and O–H groups in total. The summed E-state index contributed by atoms with van der Waals surface area (Å²) in [6, 6.07) is 6.01. The zero-order valence-corrected chi connectivity index (χ0v) is 13.1. The third-order valence-corrected chi connectivity index (χ3v) is 4.26. The molecule has 20 heavy (non-hydrogen) atoms. The van der Waals surface area contributed by atoms with Gasteiger partial charge >= 0.3 is 0 Å². The molecule has 0 spiro atoms. The quantitative estimate of drug-likeness (QED) is 0.871. The Morgan fingerprint density at radius 2 is 2.15 bits per heavy atom. The molecule has 0 aromatic heterocycles. The molecule has 3 unspecified atom stereocenters. The number of nitrogens with one attached hydrogen (secondary N) is 1. The van der Waals surface area contributed by atoms with E-state index in [9.17, 15) is 4.39 Å². The van der Waals surface area contributed by atoms with Crippen LogP contribution in [0, 0.1) is 11.7 Å². The van der Waals surface area contributed by atoms with Gasteiger partial charge in [0.05, 0.1) is 0 Å². The average Bonchev–Trinajstić information content (AvgIpc) is 2.74. The van der Waals surface area contributed by atoms with Crippen molar-refractivity contribution in [3.8, 4) is 0 Å². The highest BCUT2D eigenvalue weighted by Crippen LogP contribution is 2.35. The highest BCUT2D eigenvalue weighted by atomic mass is 19.1. The summed E-state index contributed by atoms with van der Waals surface area (Å²) in [7, 11) is 0. The Labute approximate surface area is 122 Å². The van der Waals surface area contributed by atoms with Gasteiger partial charge in [0.2, 0.25) is 0 Å². The fourth-order valence-corrected chi connectivity index (χ4v) is 3.30. The monoisotopic (exact) mass is 278 g/mol. The molecule has 3 heteroatoms. The first-order chi connectivity index (χ1) is 9.54. The van der Waals surface area contributed by atoms with E-state index < -0.39 is 0 Å². The van der Waals surface area contributed by atoms with Crippen LogP contribution >= 0.6 is 0 Å². The molecule has 1 fully saturated rings. The Morgan fingerprint density at radius 1 is 1.40 bits per heavy atom. The van der Waals surface area contributed by atoms with Crippen LogP contribution in [0.5, 0.6) is 0 Å². The van der Waals surface area contributed by atoms with Crippen molar-refractivity contribution >= 4 is 5.69 Å². The lowest BCUT2D eigenvalue weighted by Crippen LogP contribution is -2.30. The van der Waals surface area contributed by atoms with Crippen molar-refractivity contribution in [2.45, 2.75) is 52.6 Å². The van der Waals surface area contributed by atoms with Crippen LogP contribution in [0.3, 0.4) is 0 Å². The minimum atomic E-state index is -0.0923. The van der Waals surface area contributed by atoms with E-state index in [4.69, 9.17) is 0 Å². The zero-order chi connectivity index (χ0) is 14.7. The number of benzene rings is 1. The number of hydrogen-bond acceptors (Lipinski definition) is 2. The van der Waals surface area contributed by atoms with Crippen molar-refractivity contribution in [1.29, 1.82) is 0 Å². The van der Waals surface area contributed by atoms with Crippen LogP contribution in [-0.2, 0) is 0 Å². The summed E-state index contributed by atoms with van der Waals surface area (Å²) in [6.45, 7) is 10.6. The second-order valence-corrected chi connectivity index (χ2v) is 6.19. The van der Waals surface area contributed by atoms with Gasteiger partial charge in [0.15, 0.2) is 0 Å². The number of rotatable bonds is 5. The molecule has 1 aromatic rings. The Balaban J connectivity index is 2.31. The number of nitrogens with zero attached hydrogens (tertiary/aromatic N) is 1. The van der Waals surface area contributed by atoms with Gasteiger partial charge in [-0.3, -0.25) is 0 Å². The van der Waals surface area contributed by atoms with E-state index in [1.54, 1.807) is 6.07 Å². The fourth-order valence-electron chi connectivity index (χ4n) is 3.30. The predicted molar refractivity (Wildman–Crippen MR) is 83.7 cm³/mol. The van der Waals surface area contributed by atoms with Crippen molar-refractivity contribution in [1.82, 2.24) is 5.32 Å². The van der Waals surface area contributed by atoms with Crippen LogP contribution in [0.2, 0.25) is 0 Å². The molecule has 0 saturated carbocycles. The van der Waals surface area contributed by atoms with E-state index in [1.807, 2.05) is 6.07 Å². The lowest BCUT2D eigenvalue weighted by Gasteiger charge is -2.29. The molecule has 1 aliphatic heterocycles. The summed E-state index contributed by atoms with van der Waals surface area (Å²) in [4.78, 5) is 2.37. The lowest BCUT2D eigenvalue weighted by atomic mass is 10.0. The lowest BCUT2D eigenvalue weighted by molar-refractivity contribution is 0.525. The van der Waals surface area contributed by atoms with Crippen LogP contribution < -0.4 is 10.2 Å². The van der Waals surface area contributed by atoms with E-state index in [2.05, 4.69) is 44.0 Å². The standard InChI is InChI=1S/C17H27FN2/c1-5-9-19-14(4)17-15(18)7-6-8-16(17)20-11-12(2)10-13(20)3/h6-8,12-14,19H,5,9-11H2,1-4H3. The van der Waals surface area contributed by atoms with Gasteiger partial charge in [-0.05, 0) is 51.3 Å². The number of halogens is 1. The van der Waals surface area contributed by atoms with Crippen molar-refractivity contribution < 1.29 is 4.39 Å². The second-order valence-electron chi connectivity index (χ2n) is 6.19. The second kappa shape index (κ2) is 6.57. The minimum absolute atomic E-state index is 0.0502. The van der Waals surface area contributed by atoms with Crippen LogP contribution in [0.1, 0.15) is 52.1 Å². The summed E-state index contributed by atoms with van der Waals surface area (Å²) in [5.74, 6) is 0.588. The smallest absolute Gasteiger partial charge is 0.130 e. The maximum atomic E-state index is 14.3. The molecule has 1 saturated heterocycles. The average molecular weight is 278 g/mol. The van der Waals surface area contributed by atoms with E-state index in [0.717, 1.165) is 30.8 Å². The van der Waals surface area contributed by atoms with Crippen LogP contribution in [-0.4, -0.2) is 19.1 Å². The molecule has 2 nitrogen and oxygen atoms in total. The maximum absolute atomic E-state index is 14.3.